The van der Waals surface area contributed by atoms with Crippen LogP contribution >= 0.6 is 0 Å². The van der Waals surface area contributed by atoms with Crippen LogP contribution in [-0.2, 0) is 7.05 Å². The van der Waals surface area contributed by atoms with Gasteiger partial charge in [-0.3, -0.25) is 0 Å². The van der Waals surface area contributed by atoms with Gasteiger partial charge in [-0.05, 0) is 47.8 Å². The Morgan fingerprint density at radius 1 is 1.08 bits per heavy atom. The van der Waals surface area contributed by atoms with Crippen molar-refractivity contribution in [3.63, 3.8) is 0 Å². The summed E-state index contributed by atoms with van der Waals surface area (Å²) in [4.78, 5) is 4.16. The van der Waals surface area contributed by atoms with Gasteiger partial charge in [-0.2, -0.15) is 0 Å². The molecule has 5 rings (SSSR count). The van der Waals surface area contributed by atoms with Gasteiger partial charge in [0.2, 0.25) is 0 Å². The quantitative estimate of drug-likeness (QED) is 0.390. The highest BCUT2D eigenvalue weighted by atomic mass is 16.3. The van der Waals surface area contributed by atoms with E-state index >= 15 is 0 Å². The van der Waals surface area contributed by atoms with Crippen molar-refractivity contribution in [1.82, 2.24) is 4.98 Å². The Morgan fingerprint density at radius 3 is 2.81 bits per heavy atom. The molecule has 0 atom stereocenters. The summed E-state index contributed by atoms with van der Waals surface area (Å²) in [5.41, 5.74) is 4.13. The molecule has 0 bridgehead atoms. The van der Waals surface area contributed by atoms with Crippen molar-refractivity contribution in [3.8, 4) is 11.3 Å². The van der Waals surface area contributed by atoms with E-state index in [9.17, 15) is 0 Å². The first-order valence-electron chi connectivity index (χ1n) is 10.0. The predicted molar refractivity (Wildman–Crippen MR) is 105 cm³/mol. The van der Waals surface area contributed by atoms with Gasteiger partial charge in [-0.25, -0.2) is 4.57 Å². The van der Waals surface area contributed by atoms with Gasteiger partial charge in [0.05, 0.1) is 12.6 Å². The molecule has 126 valence electrons. The number of rotatable bonds is 1. The monoisotopic (exact) mass is 342 g/mol. The molecule has 0 unspecified atom stereocenters. The van der Waals surface area contributed by atoms with Crippen molar-refractivity contribution in [1.29, 1.82) is 0 Å². The summed E-state index contributed by atoms with van der Waals surface area (Å²) in [5.74, 6) is 0. The topological polar surface area (TPSA) is 29.9 Å². The summed E-state index contributed by atoms with van der Waals surface area (Å²) < 4.78 is 32.5. The summed E-state index contributed by atoms with van der Waals surface area (Å²) in [6.45, 7) is -0.380. The van der Waals surface area contributed by atoms with Crippen LogP contribution in [-0.4, -0.2) is 4.98 Å². The maximum atomic E-state index is 8.11. The first-order valence-corrected chi connectivity index (χ1v) is 8.54. The Labute approximate surface area is 155 Å². The smallest absolute Gasteiger partial charge is 0.286 e. The molecule has 0 radical (unpaired) electrons. The van der Waals surface area contributed by atoms with Crippen molar-refractivity contribution in [2.24, 2.45) is 7.05 Å². The Kier molecular flexibility index (Phi) is 2.53. The summed E-state index contributed by atoms with van der Waals surface area (Å²) in [6, 6.07) is 15.7. The van der Waals surface area contributed by atoms with Gasteiger partial charge in [-0.1, -0.05) is 35.3 Å². The predicted octanol–water partition coefficient (Wildman–Crippen LogP) is 5.24. The lowest BCUT2D eigenvalue weighted by Crippen LogP contribution is -2.31. The number of aromatic nitrogens is 2. The Hall–Kier alpha value is -3.20. The highest BCUT2D eigenvalue weighted by Crippen LogP contribution is 2.40. The van der Waals surface area contributed by atoms with Crippen molar-refractivity contribution < 1.29 is 13.1 Å². The number of hydrogen-bond donors (Lipinski definition) is 0. The van der Waals surface area contributed by atoms with E-state index in [1.165, 1.54) is 0 Å². The van der Waals surface area contributed by atoms with Crippen LogP contribution in [0.25, 0.3) is 44.0 Å². The molecule has 3 heteroatoms. The van der Waals surface area contributed by atoms with Crippen LogP contribution in [0.15, 0.2) is 65.5 Å². The molecule has 0 N–H and O–H groups in total. The Balaban J connectivity index is 2.04. The fourth-order valence-corrected chi connectivity index (χ4v) is 3.77. The molecule has 5 aromatic rings. The van der Waals surface area contributed by atoms with Gasteiger partial charge >= 0.3 is 0 Å². The van der Waals surface area contributed by atoms with Crippen LogP contribution in [0, 0.1) is 13.8 Å². The molecule has 0 aliphatic heterocycles. The number of furan rings is 1. The average Bonchev–Trinajstić information content (AvgIpc) is 3.06. The van der Waals surface area contributed by atoms with Crippen molar-refractivity contribution in [2.75, 3.05) is 0 Å². The zero-order valence-electron chi connectivity index (χ0n) is 17.6. The van der Waals surface area contributed by atoms with Crippen molar-refractivity contribution in [3.05, 3.63) is 72.2 Å². The molecule has 0 saturated carbocycles. The van der Waals surface area contributed by atoms with Crippen LogP contribution < -0.4 is 4.57 Å². The molecule has 26 heavy (non-hydrogen) atoms. The minimum Gasteiger partial charge on any atom is -0.455 e. The normalized spacial score (nSPS) is 13.8. The first-order chi connectivity index (χ1) is 13.9. The Bertz CT molecular complexity index is 1420. The number of hydrogen-bond acceptors (Lipinski definition) is 2. The van der Waals surface area contributed by atoms with E-state index < -0.39 is 6.85 Å². The highest BCUT2D eigenvalue weighted by molar-refractivity contribution is 6.20. The standard InChI is InChI=1S/C23H19N2O/c1-14-12-18-22-17-7-5-4-6-16(17)8-9-20(22)26-23(18)21(15(14)2)19-10-11-24-13-25(19)3/h4-13H,1-3H3/q+1/i1D3. The molecule has 0 fully saturated rings. The van der Waals surface area contributed by atoms with Crippen LogP contribution in [0.1, 0.15) is 15.2 Å². The van der Waals surface area contributed by atoms with E-state index in [2.05, 4.69) is 11.1 Å². The van der Waals surface area contributed by atoms with Crippen LogP contribution in [0.3, 0.4) is 0 Å². The lowest BCUT2D eigenvalue weighted by Gasteiger charge is -2.09. The molecular weight excluding hydrogens is 320 g/mol. The van der Waals surface area contributed by atoms with E-state index in [-0.39, 0.29) is 0 Å². The average molecular weight is 342 g/mol. The zero-order chi connectivity index (χ0) is 20.3. The second kappa shape index (κ2) is 5.40. The second-order valence-electron chi connectivity index (χ2n) is 6.64. The zero-order valence-corrected chi connectivity index (χ0v) is 14.6. The number of aryl methyl sites for hydroxylation is 2. The third-order valence-corrected chi connectivity index (χ3v) is 5.11. The van der Waals surface area contributed by atoms with Gasteiger partial charge < -0.3 is 4.42 Å². The number of fused-ring (bicyclic) bond motifs is 5. The largest absolute Gasteiger partial charge is 0.455 e. The van der Waals surface area contributed by atoms with Crippen molar-refractivity contribution >= 4 is 32.7 Å². The van der Waals surface area contributed by atoms with Crippen LogP contribution in [0.2, 0.25) is 0 Å². The first kappa shape index (κ1) is 12.2. The molecule has 3 aromatic carbocycles. The number of benzene rings is 3. The molecule has 0 amide bonds. The third-order valence-electron chi connectivity index (χ3n) is 5.11. The van der Waals surface area contributed by atoms with Gasteiger partial charge in [0, 0.05) is 21.0 Å². The summed E-state index contributed by atoms with van der Waals surface area (Å²) in [5, 5.41) is 3.91. The van der Waals surface area contributed by atoms with Gasteiger partial charge in [0.25, 0.3) is 6.33 Å². The van der Waals surface area contributed by atoms with Crippen LogP contribution in [0.4, 0.5) is 0 Å². The lowest BCUT2D eigenvalue weighted by molar-refractivity contribution is -0.663. The highest BCUT2D eigenvalue weighted by Gasteiger charge is 2.21. The van der Waals surface area contributed by atoms with Gasteiger partial charge in [0.15, 0.2) is 0 Å². The molecule has 0 aliphatic rings. The minimum absolute atomic E-state index is 0.340. The van der Waals surface area contributed by atoms with E-state index in [1.807, 2.05) is 54.9 Å². The third kappa shape index (κ3) is 2.00. The molecule has 2 aromatic heterocycles. The van der Waals surface area contributed by atoms with E-state index in [1.54, 1.807) is 18.6 Å². The van der Waals surface area contributed by atoms with E-state index in [4.69, 9.17) is 8.53 Å². The summed E-state index contributed by atoms with van der Waals surface area (Å²) in [7, 11) is 1.90. The van der Waals surface area contributed by atoms with Gasteiger partial charge in [-0.15, -0.1) is 0 Å². The fraction of sp³-hybridized carbons (Fsp3) is 0.130. The fourth-order valence-electron chi connectivity index (χ4n) is 3.77. The molecule has 2 heterocycles. The van der Waals surface area contributed by atoms with Crippen LogP contribution in [0.5, 0.6) is 0 Å². The number of nitrogens with zero attached hydrogens (tertiary/aromatic N) is 2. The molecule has 3 nitrogen and oxygen atoms in total. The molecule has 0 spiro atoms. The van der Waals surface area contributed by atoms with Crippen molar-refractivity contribution in [2.45, 2.75) is 13.8 Å². The molecule has 0 aliphatic carbocycles. The maximum Gasteiger partial charge on any atom is 0.286 e. The second-order valence-corrected chi connectivity index (χ2v) is 6.64. The molecule has 0 saturated heterocycles. The summed E-state index contributed by atoms with van der Waals surface area (Å²) in [6.07, 6.45) is 3.42. The minimum atomic E-state index is -2.23. The van der Waals surface area contributed by atoms with E-state index in [0.29, 0.717) is 16.7 Å². The lowest BCUT2D eigenvalue weighted by atomic mass is 9.95. The SMILES string of the molecule is [2H]C([2H])([2H])c1cc2c(oc3ccc4ccccc4c32)c(-c2ccnc[n+]2C)c1C. The van der Waals surface area contributed by atoms with E-state index in [0.717, 1.165) is 38.4 Å². The van der Waals surface area contributed by atoms with Gasteiger partial charge in [0.1, 0.15) is 23.1 Å². The maximum absolute atomic E-state index is 8.11. The summed E-state index contributed by atoms with van der Waals surface area (Å²) >= 11 is 0. The molecular formula is C23H19N2O+. The Morgan fingerprint density at radius 2 is 1.96 bits per heavy atom.